The first-order valence-corrected chi connectivity index (χ1v) is 12.2. The van der Waals surface area contributed by atoms with Crippen LogP contribution in [0.1, 0.15) is 12.7 Å². The Balaban J connectivity index is 1.74. The van der Waals surface area contributed by atoms with E-state index in [0.29, 0.717) is 21.8 Å². The van der Waals surface area contributed by atoms with Crippen LogP contribution in [-0.4, -0.2) is 45.6 Å². The van der Waals surface area contributed by atoms with Crippen molar-refractivity contribution in [2.75, 3.05) is 15.9 Å². The molecule has 0 aliphatic carbocycles. The summed E-state index contributed by atoms with van der Waals surface area (Å²) in [4.78, 5) is 16.3. The zero-order valence-electron chi connectivity index (χ0n) is 16.3. The number of rotatable bonds is 8. The second-order valence-electron chi connectivity index (χ2n) is 6.29. The standard InChI is InChI=1S/C17H19FN6O3S3/c1-11(15(25)20-16-19-8-9-28-16)29-17-22-21-14(23(17)2)10-24(30(3,26)27)13-6-4-12(18)5-7-13/h4-9,11H,10H2,1-3H3,(H,19,20,25)/t11-/m0/s1. The fraction of sp³-hybridized carbons (Fsp3) is 0.294. The number of halogens is 1. The number of benzene rings is 1. The molecule has 160 valence electrons. The first-order chi connectivity index (χ1) is 14.1. The lowest BCUT2D eigenvalue weighted by Crippen LogP contribution is -2.30. The molecule has 0 fully saturated rings. The predicted molar refractivity (Wildman–Crippen MR) is 114 cm³/mol. The molecule has 1 amide bonds. The van der Waals surface area contributed by atoms with Crippen LogP contribution in [0.5, 0.6) is 0 Å². The molecule has 1 aromatic carbocycles. The van der Waals surface area contributed by atoms with E-state index >= 15 is 0 Å². The van der Waals surface area contributed by atoms with Crippen molar-refractivity contribution in [3.05, 3.63) is 47.5 Å². The second-order valence-corrected chi connectivity index (χ2v) is 10.4. The van der Waals surface area contributed by atoms with Crippen molar-refractivity contribution in [2.24, 2.45) is 7.05 Å². The Bertz CT molecular complexity index is 1120. The highest BCUT2D eigenvalue weighted by Gasteiger charge is 2.23. The Morgan fingerprint density at radius 2 is 2.03 bits per heavy atom. The number of carbonyl (C=O) groups excluding carboxylic acids is 1. The number of nitrogens with zero attached hydrogens (tertiary/aromatic N) is 5. The van der Waals surface area contributed by atoms with Crippen LogP contribution < -0.4 is 9.62 Å². The SMILES string of the molecule is C[C@H](Sc1nnc(CN(c2ccc(F)cc2)S(C)(=O)=O)n1C)C(=O)Nc1nccs1. The van der Waals surface area contributed by atoms with Crippen LogP contribution in [0.15, 0.2) is 41.0 Å². The van der Waals surface area contributed by atoms with Crippen LogP contribution in [0.25, 0.3) is 0 Å². The molecule has 0 saturated carbocycles. The maximum atomic E-state index is 13.2. The van der Waals surface area contributed by atoms with Crippen LogP contribution >= 0.6 is 23.1 Å². The van der Waals surface area contributed by atoms with Crippen molar-refractivity contribution in [1.82, 2.24) is 19.7 Å². The number of hydrogen-bond donors (Lipinski definition) is 1. The second kappa shape index (κ2) is 9.10. The summed E-state index contributed by atoms with van der Waals surface area (Å²) in [6, 6.07) is 5.14. The molecule has 0 aliphatic heterocycles. The van der Waals surface area contributed by atoms with Crippen LogP contribution in [0.3, 0.4) is 0 Å². The monoisotopic (exact) mass is 470 g/mol. The topological polar surface area (TPSA) is 110 Å². The van der Waals surface area contributed by atoms with Gasteiger partial charge in [-0.25, -0.2) is 17.8 Å². The fourth-order valence-electron chi connectivity index (χ4n) is 2.43. The van der Waals surface area contributed by atoms with Crippen molar-refractivity contribution < 1.29 is 17.6 Å². The Morgan fingerprint density at radius 3 is 2.63 bits per heavy atom. The first kappa shape index (κ1) is 22.2. The van der Waals surface area contributed by atoms with Gasteiger partial charge >= 0.3 is 0 Å². The van der Waals surface area contributed by atoms with Gasteiger partial charge in [-0.2, -0.15) is 0 Å². The van der Waals surface area contributed by atoms with E-state index in [2.05, 4.69) is 20.5 Å². The molecule has 0 saturated heterocycles. The first-order valence-electron chi connectivity index (χ1n) is 8.63. The van der Waals surface area contributed by atoms with E-state index in [-0.39, 0.29) is 12.5 Å². The number of nitrogens with one attached hydrogen (secondary N) is 1. The molecule has 0 aliphatic rings. The fourth-order valence-corrected chi connectivity index (χ4v) is 4.65. The lowest BCUT2D eigenvalue weighted by atomic mass is 10.3. The zero-order valence-corrected chi connectivity index (χ0v) is 18.8. The van der Waals surface area contributed by atoms with Crippen molar-refractivity contribution in [1.29, 1.82) is 0 Å². The van der Waals surface area contributed by atoms with E-state index in [1.54, 1.807) is 30.1 Å². The van der Waals surface area contributed by atoms with Gasteiger partial charge in [-0.15, -0.1) is 21.5 Å². The number of thiazole rings is 1. The predicted octanol–water partition coefficient (Wildman–Crippen LogP) is 2.50. The van der Waals surface area contributed by atoms with Crippen molar-refractivity contribution in [3.63, 3.8) is 0 Å². The lowest BCUT2D eigenvalue weighted by molar-refractivity contribution is -0.115. The summed E-state index contributed by atoms with van der Waals surface area (Å²) in [5.41, 5.74) is 0.312. The van der Waals surface area contributed by atoms with Gasteiger partial charge < -0.3 is 9.88 Å². The van der Waals surface area contributed by atoms with Gasteiger partial charge in [0.1, 0.15) is 5.82 Å². The summed E-state index contributed by atoms with van der Waals surface area (Å²) >= 11 is 2.51. The van der Waals surface area contributed by atoms with Crippen molar-refractivity contribution in [3.8, 4) is 0 Å². The molecule has 3 rings (SSSR count). The van der Waals surface area contributed by atoms with Crippen molar-refractivity contribution >= 4 is 49.8 Å². The molecular formula is C17H19FN6O3S3. The number of carbonyl (C=O) groups is 1. The van der Waals surface area contributed by atoms with E-state index in [9.17, 15) is 17.6 Å². The van der Waals surface area contributed by atoms with Crippen LogP contribution in [0.2, 0.25) is 0 Å². The molecule has 0 spiro atoms. The molecule has 30 heavy (non-hydrogen) atoms. The average Bonchev–Trinajstić information content (AvgIpc) is 3.30. The third kappa shape index (κ3) is 5.34. The third-order valence-electron chi connectivity index (χ3n) is 4.04. The van der Waals surface area contributed by atoms with Crippen LogP contribution in [0.4, 0.5) is 15.2 Å². The maximum absolute atomic E-state index is 13.2. The highest BCUT2D eigenvalue weighted by Crippen LogP contribution is 2.25. The lowest BCUT2D eigenvalue weighted by Gasteiger charge is -2.21. The number of anilines is 2. The Hall–Kier alpha value is -2.51. The van der Waals surface area contributed by atoms with E-state index < -0.39 is 21.1 Å². The number of sulfonamides is 1. The quantitative estimate of drug-likeness (QED) is 0.504. The Morgan fingerprint density at radius 1 is 1.33 bits per heavy atom. The molecule has 2 aromatic heterocycles. The van der Waals surface area contributed by atoms with Gasteiger partial charge in [0.2, 0.25) is 15.9 Å². The highest BCUT2D eigenvalue weighted by atomic mass is 32.2. The van der Waals surface area contributed by atoms with Gasteiger partial charge in [0.15, 0.2) is 16.1 Å². The molecular weight excluding hydrogens is 451 g/mol. The Kier molecular flexibility index (Phi) is 6.73. The number of thioether (sulfide) groups is 1. The smallest absolute Gasteiger partial charge is 0.239 e. The maximum Gasteiger partial charge on any atom is 0.239 e. The van der Waals surface area contributed by atoms with Crippen molar-refractivity contribution in [2.45, 2.75) is 23.9 Å². The summed E-state index contributed by atoms with van der Waals surface area (Å²) in [5, 5.41) is 13.1. The van der Waals surface area contributed by atoms with E-state index in [0.717, 1.165) is 10.6 Å². The molecule has 0 radical (unpaired) electrons. The van der Waals surface area contributed by atoms with Gasteiger partial charge in [-0.05, 0) is 31.2 Å². The number of amides is 1. The summed E-state index contributed by atoms with van der Waals surface area (Å²) in [6.07, 6.45) is 2.66. The van der Waals surface area contributed by atoms with E-state index in [1.807, 2.05) is 0 Å². The minimum Gasteiger partial charge on any atom is -0.308 e. The van der Waals surface area contributed by atoms with Crippen LogP contribution in [0, 0.1) is 5.82 Å². The minimum absolute atomic E-state index is 0.0891. The van der Waals surface area contributed by atoms with Crippen LogP contribution in [-0.2, 0) is 28.4 Å². The zero-order chi connectivity index (χ0) is 21.9. The van der Waals surface area contributed by atoms with Gasteiger partial charge in [0.05, 0.1) is 23.7 Å². The summed E-state index contributed by atoms with van der Waals surface area (Å²) in [7, 11) is -1.96. The molecule has 9 nitrogen and oxygen atoms in total. The Labute approximate surface area is 181 Å². The number of hydrogen-bond acceptors (Lipinski definition) is 8. The van der Waals surface area contributed by atoms with Gasteiger partial charge in [-0.3, -0.25) is 9.10 Å². The van der Waals surface area contributed by atoms with Gasteiger partial charge in [0, 0.05) is 18.6 Å². The third-order valence-corrected chi connectivity index (χ3v) is 7.00. The molecule has 0 bridgehead atoms. The molecule has 13 heteroatoms. The molecule has 0 unspecified atom stereocenters. The summed E-state index contributed by atoms with van der Waals surface area (Å²) < 4.78 is 40.5. The molecule has 1 atom stereocenters. The number of aromatic nitrogens is 4. The van der Waals surface area contributed by atoms with E-state index in [1.165, 1.54) is 47.4 Å². The summed E-state index contributed by atoms with van der Waals surface area (Å²) in [6.45, 7) is 1.64. The average molecular weight is 471 g/mol. The molecule has 3 aromatic rings. The largest absolute Gasteiger partial charge is 0.308 e. The normalized spacial score (nSPS) is 12.5. The highest BCUT2D eigenvalue weighted by molar-refractivity contribution is 8.00. The summed E-state index contributed by atoms with van der Waals surface area (Å²) in [5.74, 6) is -0.321. The van der Waals surface area contributed by atoms with Gasteiger partial charge in [-0.1, -0.05) is 11.8 Å². The van der Waals surface area contributed by atoms with E-state index in [4.69, 9.17) is 0 Å². The molecule has 2 heterocycles. The molecule has 1 N–H and O–H groups in total. The van der Waals surface area contributed by atoms with Gasteiger partial charge in [0.25, 0.3) is 0 Å². The minimum atomic E-state index is -3.65.